The molecule has 0 bridgehead atoms. The second-order valence-corrected chi connectivity index (χ2v) is 2.08. The third-order valence-corrected chi connectivity index (χ3v) is 1.22. The van der Waals surface area contributed by atoms with E-state index in [1.54, 1.807) is 6.08 Å². The van der Waals surface area contributed by atoms with E-state index in [0.717, 1.165) is 11.6 Å². The first kappa shape index (κ1) is 19.9. The maximum absolute atomic E-state index is 10.1. The average Bonchev–Trinajstić information content (AvgIpc) is 2.03. The number of aliphatic carboxylic acids is 1. The molecule has 0 heterocycles. The fourth-order valence-corrected chi connectivity index (χ4v) is 0.732. The summed E-state index contributed by atoms with van der Waals surface area (Å²) in [6.07, 6.45) is 2.68. The summed E-state index contributed by atoms with van der Waals surface area (Å²) >= 11 is 0. The first-order valence-corrected chi connectivity index (χ1v) is 3.25. The monoisotopic (exact) mass is 332 g/mol. The van der Waals surface area contributed by atoms with Crippen LogP contribution in [0.25, 0.3) is 6.08 Å². The standard InChI is InChI=1S/C9H8O2.2BrH.Na.H/c10-9(11)7-6-8-4-2-1-3-5-8;;;;/h1-7H,(H,10,11);2*1H;;/b7-6+;;;;. The molecule has 1 aromatic carbocycles. The van der Waals surface area contributed by atoms with Gasteiger partial charge in [0.05, 0.1) is 0 Å². The summed E-state index contributed by atoms with van der Waals surface area (Å²) in [6, 6.07) is 9.31. The normalized spacial score (nSPS) is 8.00. The Kier molecular flexibility index (Phi) is 16.3. The van der Waals surface area contributed by atoms with Crippen molar-refractivity contribution in [3.05, 3.63) is 42.0 Å². The van der Waals surface area contributed by atoms with Crippen molar-refractivity contribution >= 4 is 75.6 Å². The van der Waals surface area contributed by atoms with Gasteiger partial charge in [0, 0.05) is 6.08 Å². The molecule has 1 aromatic rings. The third-order valence-electron chi connectivity index (χ3n) is 1.22. The van der Waals surface area contributed by atoms with Gasteiger partial charge in [-0.3, -0.25) is 0 Å². The topological polar surface area (TPSA) is 37.3 Å². The van der Waals surface area contributed by atoms with Gasteiger partial charge in [-0.2, -0.15) is 0 Å². The van der Waals surface area contributed by atoms with Gasteiger partial charge >= 0.3 is 35.5 Å². The summed E-state index contributed by atoms with van der Waals surface area (Å²) in [7, 11) is 0. The van der Waals surface area contributed by atoms with E-state index in [1.807, 2.05) is 30.3 Å². The molecule has 0 radical (unpaired) electrons. The number of benzene rings is 1. The number of carboxylic acid groups (broad SMARTS) is 1. The summed E-state index contributed by atoms with van der Waals surface area (Å²) in [5.74, 6) is -0.922. The molecule has 14 heavy (non-hydrogen) atoms. The molecule has 2 nitrogen and oxygen atoms in total. The van der Waals surface area contributed by atoms with Crippen LogP contribution < -0.4 is 0 Å². The molecule has 5 heteroatoms. The molecule has 0 amide bonds. The zero-order chi connectivity index (χ0) is 8.10. The molecule has 0 spiro atoms. The van der Waals surface area contributed by atoms with Crippen molar-refractivity contribution in [1.82, 2.24) is 0 Å². The summed E-state index contributed by atoms with van der Waals surface area (Å²) in [5, 5.41) is 8.29. The van der Waals surface area contributed by atoms with E-state index in [-0.39, 0.29) is 63.5 Å². The van der Waals surface area contributed by atoms with Gasteiger partial charge in [0.2, 0.25) is 0 Å². The Labute approximate surface area is 126 Å². The molecule has 0 atom stereocenters. The molecular weight excluding hydrogens is 323 g/mol. The molecule has 0 aliphatic rings. The van der Waals surface area contributed by atoms with Crippen LogP contribution in [0.2, 0.25) is 0 Å². The van der Waals surface area contributed by atoms with Gasteiger partial charge in [-0.25, -0.2) is 4.79 Å². The number of carbonyl (C=O) groups is 1. The van der Waals surface area contributed by atoms with E-state index in [9.17, 15) is 4.79 Å². The molecule has 0 aliphatic heterocycles. The average molecular weight is 334 g/mol. The molecule has 0 saturated carbocycles. The first-order chi connectivity index (χ1) is 5.29. The Bertz CT molecular complexity index is 275. The van der Waals surface area contributed by atoms with Crippen molar-refractivity contribution in [1.29, 1.82) is 0 Å². The van der Waals surface area contributed by atoms with Crippen LogP contribution >= 0.6 is 34.0 Å². The number of hydrogen-bond donors (Lipinski definition) is 1. The van der Waals surface area contributed by atoms with Gasteiger partial charge in [-0.15, -0.1) is 34.0 Å². The van der Waals surface area contributed by atoms with Crippen LogP contribution in [0.5, 0.6) is 0 Å². The van der Waals surface area contributed by atoms with Gasteiger partial charge < -0.3 is 5.11 Å². The molecule has 1 rings (SSSR count). The number of carboxylic acids is 1. The Morgan fingerprint density at radius 3 is 2.07 bits per heavy atom. The van der Waals surface area contributed by atoms with Gasteiger partial charge in [0.25, 0.3) is 0 Å². The summed E-state index contributed by atoms with van der Waals surface area (Å²) in [5.41, 5.74) is 0.898. The molecule has 74 valence electrons. The minimum atomic E-state index is -0.922. The summed E-state index contributed by atoms with van der Waals surface area (Å²) in [4.78, 5) is 10.1. The summed E-state index contributed by atoms with van der Waals surface area (Å²) < 4.78 is 0. The van der Waals surface area contributed by atoms with Crippen molar-refractivity contribution in [2.75, 3.05) is 0 Å². The summed E-state index contributed by atoms with van der Waals surface area (Å²) in [6.45, 7) is 0. The van der Waals surface area contributed by atoms with Crippen LogP contribution in [0.1, 0.15) is 5.56 Å². The molecule has 0 aliphatic carbocycles. The van der Waals surface area contributed by atoms with Crippen LogP contribution in [0.3, 0.4) is 0 Å². The van der Waals surface area contributed by atoms with Crippen LogP contribution in [-0.2, 0) is 4.79 Å². The van der Waals surface area contributed by atoms with Crippen molar-refractivity contribution in [2.24, 2.45) is 0 Å². The first-order valence-electron chi connectivity index (χ1n) is 3.25. The van der Waals surface area contributed by atoms with Crippen LogP contribution in [0.4, 0.5) is 0 Å². The molecular formula is C9H11Br2NaO2. The van der Waals surface area contributed by atoms with Gasteiger partial charge in [-0.1, -0.05) is 30.3 Å². The Hall–Kier alpha value is 0.390. The fraction of sp³-hybridized carbons (Fsp3) is 0. The molecule has 0 aromatic heterocycles. The van der Waals surface area contributed by atoms with Crippen LogP contribution in [0, 0.1) is 0 Å². The van der Waals surface area contributed by atoms with E-state index in [0.29, 0.717) is 0 Å². The van der Waals surface area contributed by atoms with Gasteiger partial charge in [0.15, 0.2) is 0 Å². The van der Waals surface area contributed by atoms with Crippen LogP contribution in [-0.4, -0.2) is 40.6 Å². The predicted octanol–water partition coefficient (Wildman–Crippen LogP) is 2.29. The zero-order valence-corrected chi connectivity index (χ0v) is 10.1. The Morgan fingerprint density at radius 1 is 1.14 bits per heavy atom. The zero-order valence-electron chi connectivity index (χ0n) is 6.71. The SMILES string of the molecule is Br.Br.O=C(O)/C=C/c1ccccc1.[NaH]. The van der Waals surface area contributed by atoms with Gasteiger partial charge in [-0.05, 0) is 11.6 Å². The van der Waals surface area contributed by atoms with Crippen molar-refractivity contribution in [3.8, 4) is 0 Å². The van der Waals surface area contributed by atoms with E-state index in [1.165, 1.54) is 0 Å². The Morgan fingerprint density at radius 2 is 1.64 bits per heavy atom. The predicted molar refractivity (Wildman–Crippen MR) is 70.9 cm³/mol. The minimum absolute atomic E-state index is 0. The van der Waals surface area contributed by atoms with E-state index < -0.39 is 5.97 Å². The van der Waals surface area contributed by atoms with E-state index in [4.69, 9.17) is 5.11 Å². The second kappa shape index (κ2) is 11.5. The second-order valence-electron chi connectivity index (χ2n) is 2.08. The molecule has 0 unspecified atom stereocenters. The number of halogens is 2. The number of hydrogen-bond acceptors (Lipinski definition) is 1. The molecule has 0 saturated heterocycles. The van der Waals surface area contributed by atoms with Crippen molar-refractivity contribution in [3.63, 3.8) is 0 Å². The quantitative estimate of drug-likeness (QED) is 0.666. The maximum atomic E-state index is 10.1. The fourth-order valence-electron chi connectivity index (χ4n) is 0.732. The van der Waals surface area contributed by atoms with Gasteiger partial charge in [0.1, 0.15) is 0 Å². The molecule has 1 N–H and O–H groups in total. The van der Waals surface area contributed by atoms with E-state index in [2.05, 4.69) is 0 Å². The third kappa shape index (κ3) is 8.97. The van der Waals surface area contributed by atoms with Crippen molar-refractivity contribution in [2.45, 2.75) is 0 Å². The number of rotatable bonds is 2. The Balaban J connectivity index is -0.000000403. The molecule has 0 fully saturated rings. The van der Waals surface area contributed by atoms with E-state index >= 15 is 0 Å². The van der Waals surface area contributed by atoms with Crippen LogP contribution in [0.15, 0.2) is 36.4 Å². The van der Waals surface area contributed by atoms with Crippen molar-refractivity contribution < 1.29 is 9.90 Å².